The summed E-state index contributed by atoms with van der Waals surface area (Å²) in [6.45, 7) is 7.58. The summed E-state index contributed by atoms with van der Waals surface area (Å²) in [4.78, 5) is 0. The highest BCUT2D eigenvalue weighted by Crippen LogP contribution is 1.87. The van der Waals surface area contributed by atoms with Crippen molar-refractivity contribution in [2.24, 2.45) is 0 Å². The summed E-state index contributed by atoms with van der Waals surface area (Å²) in [5, 5.41) is 3.40. The molecule has 0 fully saturated rings. The van der Waals surface area contributed by atoms with Gasteiger partial charge in [0.15, 0.2) is 0 Å². The first-order chi connectivity index (χ1) is 4.81. The van der Waals surface area contributed by atoms with E-state index in [-0.39, 0.29) is 12.4 Å². The molecule has 11 heavy (non-hydrogen) atoms. The van der Waals surface area contributed by atoms with Gasteiger partial charge in [0, 0.05) is 6.04 Å². The zero-order valence-electron chi connectivity index (χ0n) is 7.76. The maximum atomic E-state index is 3.40. The predicted molar refractivity (Wildman–Crippen MR) is 54.4 cm³/mol. The van der Waals surface area contributed by atoms with E-state index < -0.39 is 0 Å². The summed E-state index contributed by atoms with van der Waals surface area (Å²) in [6, 6.07) is 0.538. The van der Waals surface area contributed by atoms with E-state index in [0.717, 1.165) is 6.54 Å². The van der Waals surface area contributed by atoms with E-state index in [1.165, 1.54) is 12.8 Å². The second-order valence-corrected chi connectivity index (χ2v) is 2.62. The van der Waals surface area contributed by atoms with E-state index in [1.54, 1.807) is 0 Å². The molecule has 0 spiro atoms. The number of hydrogen-bond acceptors (Lipinski definition) is 1. The fraction of sp³-hybridized carbons (Fsp3) is 0.778. The molecule has 0 rings (SSSR count). The first kappa shape index (κ1) is 13.6. The van der Waals surface area contributed by atoms with Crippen LogP contribution >= 0.6 is 12.4 Å². The largest absolute Gasteiger partial charge is 0.311 e. The van der Waals surface area contributed by atoms with Crippen molar-refractivity contribution in [3.05, 3.63) is 12.2 Å². The first-order valence-corrected chi connectivity index (χ1v) is 4.17. The van der Waals surface area contributed by atoms with Gasteiger partial charge in [-0.3, -0.25) is 0 Å². The minimum Gasteiger partial charge on any atom is -0.311 e. The van der Waals surface area contributed by atoms with Crippen LogP contribution < -0.4 is 5.32 Å². The molecule has 68 valence electrons. The van der Waals surface area contributed by atoms with Crippen LogP contribution in [0.3, 0.4) is 0 Å². The maximum absolute atomic E-state index is 3.40. The van der Waals surface area contributed by atoms with Crippen LogP contribution in [0.5, 0.6) is 0 Å². The van der Waals surface area contributed by atoms with Crippen molar-refractivity contribution in [2.45, 2.75) is 39.7 Å². The Kier molecular flexibility index (Phi) is 12.3. The maximum Gasteiger partial charge on any atom is 0.0221 e. The number of halogens is 1. The Balaban J connectivity index is 0. The second-order valence-electron chi connectivity index (χ2n) is 2.62. The van der Waals surface area contributed by atoms with Gasteiger partial charge in [0.05, 0.1) is 0 Å². The molecule has 1 atom stereocenters. The van der Waals surface area contributed by atoms with Gasteiger partial charge in [0.1, 0.15) is 0 Å². The molecule has 0 aliphatic rings. The summed E-state index contributed by atoms with van der Waals surface area (Å²) in [5.74, 6) is 0. The average molecular weight is 178 g/mol. The number of rotatable bonds is 5. The van der Waals surface area contributed by atoms with E-state index >= 15 is 0 Å². The highest BCUT2D eigenvalue weighted by Gasteiger charge is 1.91. The van der Waals surface area contributed by atoms with E-state index in [2.05, 4.69) is 38.2 Å². The molecule has 0 radical (unpaired) electrons. The van der Waals surface area contributed by atoms with Gasteiger partial charge in [-0.1, -0.05) is 25.5 Å². The quantitative estimate of drug-likeness (QED) is 0.503. The van der Waals surface area contributed by atoms with Gasteiger partial charge in [-0.25, -0.2) is 0 Å². The summed E-state index contributed by atoms with van der Waals surface area (Å²) in [6.07, 6.45) is 6.82. The zero-order valence-corrected chi connectivity index (χ0v) is 8.58. The second kappa shape index (κ2) is 9.99. The Hall–Kier alpha value is -0.0100. The van der Waals surface area contributed by atoms with E-state index in [4.69, 9.17) is 0 Å². The minimum absolute atomic E-state index is 0. The normalized spacial score (nSPS) is 13.0. The SMILES string of the molecule is CC=CC(C)NCCCC.Cl. The Bertz CT molecular complexity index is 91.6. The van der Waals surface area contributed by atoms with Crippen LogP contribution in [0.15, 0.2) is 12.2 Å². The molecular weight excluding hydrogens is 158 g/mol. The summed E-state index contributed by atoms with van der Waals surface area (Å²) in [7, 11) is 0. The van der Waals surface area contributed by atoms with E-state index in [1.807, 2.05) is 0 Å². The van der Waals surface area contributed by atoms with E-state index in [0.29, 0.717) is 6.04 Å². The lowest BCUT2D eigenvalue weighted by Crippen LogP contribution is -2.24. The van der Waals surface area contributed by atoms with Gasteiger partial charge in [0.2, 0.25) is 0 Å². The molecule has 1 nitrogen and oxygen atoms in total. The van der Waals surface area contributed by atoms with Crippen LogP contribution in [0, 0.1) is 0 Å². The van der Waals surface area contributed by atoms with Crippen molar-refractivity contribution < 1.29 is 0 Å². The third-order valence-corrected chi connectivity index (χ3v) is 1.48. The first-order valence-electron chi connectivity index (χ1n) is 4.17. The molecule has 0 aromatic heterocycles. The monoisotopic (exact) mass is 177 g/mol. The number of allylic oxidation sites excluding steroid dienone is 1. The van der Waals surface area contributed by atoms with Crippen molar-refractivity contribution in [1.82, 2.24) is 5.32 Å². The van der Waals surface area contributed by atoms with Crippen molar-refractivity contribution in [3.8, 4) is 0 Å². The lowest BCUT2D eigenvalue weighted by atomic mass is 10.3. The van der Waals surface area contributed by atoms with Crippen LogP contribution in [-0.2, 0) is 0 Å². The fourth-order valence-electron chi connectivity index (χ4n) is 0.863. The lowest BCUT2D eigenvalue weighted by Gasteiger charge is -2.07. The van der Waals surface area contributed by atoms with Crippen molar-refractivity contribution in [1.29, 1.82) is 0 Å². The van der Waals surface area contributed by atoms with Crippen molar-refractivity contribution in [3.63, 3.8) is 0 Å². The summed E-state index contributed by atoms with van der Waals surface area (Å²) >= 11 is 0. The molecule has 2 heteroatoms. The van der Waals surface area contributed by atoms with Crippen LogP contribution in [0.1, 0.15) is 33.6 Å². The smallest absolute Gasteiger partial charge is 0.0221 e. The van der Waals surface area contributed by atoms with Gasteiger partial charge < -0.3 is 5.32 Å². The Labute approximate surface area is 76.7 Å². The lowest BCUT2D eigenvalue weighted by molar-refractivity contribution is 0.600. The van der Waals surface area contributed by atoms with Gasteiger partial charge >= 0.3 is 0 Å². The molecule has 0 heterocycles. The third kappa shape index (κ3) is 9.99. The molecule has 0 aromatic carbocycles. The predicted octanol–water partition coefficient (Wildman–Crippen LogP) is 2.76. The molecule has 1 unspecified atom stereocenters. The van der Waals surface area contributed by atoms with Crippen molar-refractivity contribution in [2.75, 3.05) is 6.54 Å². The van der Waals surface area contributed by atoms with Gasteiger partial charge in [-0.05, 0) is 26.8 Å². The van der Waals surface area contributed by atoms with Crippen LogP contribution in [0.4, 0.5) is 0 Å². The van der Waals surface area contributed by atoms with Crippen LogP contribution in [-0.4, -0.2) is 12.6 Å². The minimum atomic E-state index is 0. The van der Waals surface area contributed by atoms with Crippen LogP contribution in [0.2, 0.25) is 0 Å². The van der Waals surface area contributed by atoms with Gasteiger partial charge in [0.25, 0.3) is 0 Å². The Morgan fingerprint density at radius 1 is 1.45 bits per heavy atom. The molecule has 0 saturated heterocycles. The molecule has 0 aliphatic carbocycles. The molecular formula is C9H20ClN. The standard InChI is InChI=1S/C9H19N.ClH/c1-4-6-8-10-9(3)7-5-2;/h5,7,9-10H,4,6,8H2,1-3H3;1H. The fourth-order valence-corrected chi connectivity index (χ4v) is 0.863. The highest BCUT2D eigenvalue weighted by atomic mass is 35.5. The number of unbranched alkanes of at least 4 members (excludes halogenated alkanes) is 1. The summed E-state index contributed by atoms with van der Waals surface area (Å²) in [5.41, 5.74) is 0. The highest BCUT2D eigenvalue weighted by molar-refractivity contribution is 5.85. The molecule has 0 bridgehead atoms. The number of hydrogen-bond donors (Lipinski definition) is 1. The summed E-state index contributed by atoms with van der Waals surface area (Å²) < 4.78 is 0. The topological polar surface area (TPSA) is 12.0 Å². The number of nitrogens with one attached hydrogen (secondary N) is 1. The van der Waals surface area contributed by atoms with E-state index in [9.17, 15) is 0 Å². The molecule has 1 N–H and O–H groups in total. The molecule has 0 aliphatic heterocycles. The van der Waals surface area contributed by atoms with Crippen molar-refractivity contribution >= 4 is 12.4 Å². The molecule has 0 amide bonds. The molecule has 0 aromatic rings. The average Bonchev–Trinajstić information content (AvgIpc) is 1.89. The zero-order chi connectivity index (χ0) is 7.82. The Morgan fingerprint density at radius 3 is 2.55 bits per heavy atom. The Morgan fingerprint density at radius 2 is 2.09 bits per heavy atom. The van der Waals surface area contributed by atoms with Gasteiger partial charge in [-0.2, -0.15) is 0 Å². The molecule has 0 saturated carbocycles. The van der Waals surface area contributed by atoms with Crippen LogP contribution in [0.25, 0.3) is 0 Å². The third-order valence-electron chi connectivity index (χ3n) is 1.48. The van der Waals surface area contributed by atoms with Gasteiger partial charge in [-0.15, -0.1) is 12.4 Å².